The van der Waals surface area contributed by atoms with Crippen molar-refractivity contribution in [1.29, 1.82) is 0 Å². The van der Waals surface area contributed by atoms with Crippen LogP contribution >= 0.6 is 11.6 Å². The van der Waals surface area contributed by atoms with E-state index in [1.807, 2.05) is 30.3 Å². The summed E-state index contributed by atoms with van der Waals surface area (Å²) in [5, 5.41) is 29.8. The fourth-order valence-electron chi connectivity index (χ4n) is 5.32. The zero-order valence-corrected chi connectivity index (χ0v) is 23.2. The molecule has 0 spiro atoms. The van der Waals surface area contributed by atoms with Crippen LogP contribution in [-0.4, -0.2) is 51.0 Å². The molecule has 1 atom stereocenters. The third kappa shape index (κ3) is 7.40. The molecule has 3 aromatic rings. The van der Waals surface area contributed by atoms with E-state index >= 15 is 0 Å². The lowest BCUT2D eigenvalue weighted by Gasteiger charge is -2.35. The van der Waals surface area contributed by atoms with E-state index in [1.54, 1.807) is 7.11 Å². The maximum absolute atomic E-state index is 11.4. The van der Waals surface area contributed by atoms with Gasteiger partial charge in [0.2, 0.25) is 0 Å². The van der Waals surface area contributed by atoms with Gasteiger partial charge in [-0.05, 0) is 73.9 Å². The second-order valence-electron chi connectivity index (χ2n) is 10.2. The van der Waals surface area contributed by atoms with E-state index in [4.69, 9.17) is 21.1 Å². The summed E-state index contributed by atoms with van der Waals surface area (Å²) in [5.41, 5.74) is 2.24. The molecule has 0 amide bonds. The van der Waals surface area contributed by atoms with Gasteiger partial charge in [-0.15, -0.1) is 0 Å². The average molecular weight is 557 g/mol. The number of nitrogens with zero attached hydrogens (tertiary/aromatic N) is 2. The Labute approximate surface area is 234 Å². The Bertz CT molecular complexity index is 1220. The summed E-state index contributed by atoms with van der Waals surface area (Å²) in [5.74, 6) is 0.656. The van der Waals surface area contributed by atoms with E-state index in [2.05, 4.69) is 24.0 Å². The highest BCUT2D eigenvalue weighted by atomic mass is 35.5. The quantitative estimate of drug-likeness (QED) is 0.248. The fourth-order valence-corrected chi connectivity index (χ4v) is 5.45. The lowest BCUT2D eigenvalue weighted by molar-refractivity contribution is -0.143. The molecule has 1 aromatic heterocycles. The van der Waals surface area contributed by atoms with Gasteiger partial charge in [0.1, 0.15) is 6.61 Å². The minimum absolute atomic E-state index is 0.0234. The molecular weight excluding hydrogens is 520 g/mol. The molecule has 1 fully saturated rings. The van der Waals surface area contributed by atoms with E-state index in [0.29, 0.717) is 29.0 Å². The summed E-state index contributed by atoms with van der Waals surface area (Å²) in [6.07, 6.45) is 3.26. The van der Waals surface area contributed by atoms with Gasteiger partial charge in [-0.1, -0.05) is 29.8 Å². The zero-order valence-electron chi connectivity index (χ0n) is 22.4. The monoisotopic (exact) mass is 556 g/mol. The molecule has 0 aliphatic heterocycles. The van der Waals surface area contributed by atoms with Gasteiger partial charge >= 0.3 is 5.97 Å². The van der Waals surface area contributed by atoms with Crippen LogP contribution in [0.4, 0.5) is 0 Å². The van der Waals surface area contributed by atoms with Crippen LogP contribution in [0.15, 0.2) is 54.6 Å². The van der Waals surface area contributed by atoms with E-state index in [9.17, 15) is 20.1 Å². The van der Waals surface area contributed by atoms with Crippen LogP contribution in [0, 0.1) is 11.8 Å². The number of rotatable bonds is 12. The molecule has 1 unspecified atom stereocenters. The Kier molecular flexibility index (Phi) is 9.64. The molecular formula is C30H37ClN2O6. The third-order valence-electron chi connectivity index (χ3n) is 7.71. The number of hydrogen-bond acceptors (Lipinski definition) is 6. The van der Waals surface area contributed by atoms with Crippen molar-refractivity contribution in [1.82, 2.24) is 9.47 Å². The van der Waals surface area contributed by atoms with Crippen LogP contribution in [0.5, 0.6) is 23.3 Å². The number of halogens is 1. The number of aromatic hydroxyl groups is 2. The molecule has 8 nitrogen and oxygen atoms in total. The van der Waals surface area contributed by atoms with Gasteiger partial charge in [-0.25, -0.2) is 0 Å². The predicted octanol–water partition coefficient (Wildman–Crippen LogP) is 6.09. The second kappa shape index (κ2) is 13.1. The number of aliphatic carboxylic acids is 1. The van der Waals surface area contributed by atoms with Gasteiger partial charge in [0.05, 0.1) is 19.6 Å². The molecule has 3 N–H and O–H groups in total. The molecule has 1 saturated carbocycles. The summed E-state index contributed by atoms with van der Waals surface area (Å²) >= 11 is 6.14. The van der Waals surface area contributed by atoms with Crippen molar-refractivity contribution in [2.24, 2.45) is 11.8 Å². The maximum Gasteiger partial charge on any atom is 0.306 e. The van der Waals surface area contributed by atoms with Crippen molar-refractivity contribution >= 4 is 17.6 Å². The highest BCUT2D eigenvalue weighted by Gasteiger charge is 2.28. The number of carboxylic acid groups (broad SMARTS) is 1. The lowest BCUT2D eigenvalue weighted by atomic mass is 9.81. The van der Waals surface area contributed by atoms with E-state index in [0.717, 1.165) is 37.8 Å². The van der Waals surface area contributed by atoms with Gasteiger partial charge in [-0.3, -0.25) is 14.3 Å². The second-order valence-corrected chi connectivity index (χ2v) is 10.7. The smallest absolute Gasteiger partial charge is 0.306 e. The summed E-state index contributed by atoms with van der Waals surface area (Å²) in [7, 11) is 1.60. The number of carboxylic acids is 1. The molecule has 39 heavy (non-hydrogen) atoms. The summed E-state index contributed by atoms with van der Waals surface area (Å²) in [6.45, 7) is 4.26. The molecule has 9 heteroatoms. The van der Waals surface area contributed by atoms with Crippen LogP contribution in [0.3, 0.4) is 0 Å². The van der Waals surface area contributed by atoms with E-state index in [1.165, 1.54) is 22.3 Å². The first kappa shape index (κ1) is 28.6. The normalized spacial score (nSPS) is 18.2. The molecule has 0 saturated heterocycles. The molecule has 1 heterocycles. The number of aromatic nitrogens is 1. The molecule has 1 aliphatic carbocycles. The van der Waals surface area contributed by atoms with Crippen molar-refractivity contribution in [3.05, 3.63) is 70.7 Å². The first-order valence-electron chi connectivity index (χ1n) is 13.3. The van der Waals surface area contributed by atoms with E-state index < -0.39 is 5.97 Å². The molecule has 4 rings (SSSR count). The van der Waals surface area contributed by atoms with Crippen LogP contribution in [0.1, 0.15) is 49.8 Å². The summed E-state index contributed by atoms with van der Waals surface area (Å²) < 4.78 is 12.9. The summed E-state index contributed by atoms with van der Waals surface area (Å²) in [6, 6.07) is 16.8. The van der Waals surface area contributed by atoms with Gasteiger partial charge in [0.25, 0.3) is 0 Å². The topological polar surface area (TPSA) is 104 Å². The van der Waals surface area contributed by atoms with Crippen LogP contribution < -0.4 is 9.47 Å². The van der Waals surface area contributed by atoms with Crippen LogP contribution in [0.2, 0.25) is 5.02 Å². The molecule has 0 bridgehead atoms. The molecule has 210 valence electrons. The average Bonchev–Trinajstić information content (AvgIpc) is 3.26. The third-order valence-corrected chi connectivity index (χ3v) is 7.96. The number of ether oxygens (including phenoxy) is 2. The Hall–Kier alpha value is -3.36. The van der Waals surface area contributed by atoms with Crippen molar-refractivity contribution < 1.29 is 29.6 Å². The Balaban J connectivity index is 1.46. The van der Waals surface area contributed by atoms with Gasteiger partial charge < -0.3 is 24.8 Å². The Morgan fingerprint density at radius 2 is 1.69 bits per heavy atom. The Morgan fingerprint density at radius 1 is 1.03 bits per heavy atom. The highest BCUT2D eigenvalue weighted by molar-refractivity contribution is 6.30. The number of hydrogen-bond donors (Lipinski definition) is 3. The van der Waals surface area contributed by atoms with Crippen LogP contribution in [-0.2, 0) is 17.9 Å². The van der Waals surface area contributed by atoms with Gasteiger partial charge in [0.15, 0.2) is 23.3 Å². The summed E-state index contributed by atoms with van der Waals surface area (Å²) in [4.78, 5) is 13.9. The van der Waals surface area contributed by atoms with Crippen LogP contribution in [0.25, 0.3) is 0 Å². The zero-order chi connectivity index (χ0) is 27.9. The minimum atomic E-state index is -0.684. The standard InChI is InChI=1S/C30H37ClN2O6/c1-20(23-8-10-25(31)11-9-23)32(18-21-3-6-24(7-4-21)30(36)37)19-22-5-12-26(27(17-22)38-2)39-16-15-33-28(34)13-14-29(33)35/h5,8-14,17,20-21,24,34-35H,3-4,6-7,15-16,18-19H2,1-2H3,(H,36,37). The molecule has 0 radical (unpaired) electrons. The molecule has 1 aliphatic rings. The maximum atomic E-state index is 11.4. The number of carbonyl (C=O) groups is 1. The number of methoxy groups -OCH3 is 1. The first-order chi connectivity index (χ1) is 18.7. The van der Waals surface area contributed by atoms with E-state index in [-0.39, 0.29) is 36.9 Å². The minimum Gasteiger partial charge on any atom is -0.494 e. The van der Waals surface area contributed by atoms with Crippen molar-refractivity contribution in [2.75, 3.05) is 20.3 Å². The lowest BCUT2D eigenvalue weighted by Crippen LogP contribution is -2.34. The van der Waals surface area contributed by atoms with Gasteiger partial charge in [0, 0.05) is 36.3 Å². The first-order valence-corrected chi connectivity index (χ1v) is 13.7. The van der Waals surface area contributed by atoms with Gasteiger partial charge in [-0.2, -0.15) is 0 Å². The highest BCUT2D eigenvalue weighted by Crippen LogP contribution is 2.34. The van der Waals surface area contributed by atoms with Crippen molar-refractivity contribution in [2.45, 2.75) is 51.7 Å². The van der Waals surface area contributed by atoms with Crippen molar-refractivity contribution in [3.63, 3.8) is 0 Å². The number of benzene rings is 2. The SMILES string of the molecule is COc1cc(CN(CC2CCC(C(=O)O)CC2)C(C)c2ccc(Cl)cc2)ccc1OCCn1c(O)ccc1O. The predicted molar refractivity (Wildman–Crippen MR) is 150 cm³/mol. The Morgan fingerprint density at radius 3 is 2.31 bits per heavy atom. The largest absolute Gasteiger partial charge is 0.494 e. The van der Waals surface area contributed by atoms with Crippen molar-refractivity contribution in [3.8, 4) is 23.3 Å². The fraction of sp³-hybridized carbons (Fsp3) is 0.433. The molecule has 2 aromatic carbocycles.